The molecule has 4 heteroatoms. The highest BCUT2D eigenvalue weighted by Gasteiger charge is 2.25. The Morgan fingerprint density at radius 3 is 2.42 bits per heavy atom. The molecule has 3 N–H and O–H groups in total. The quantitative estimate of drug-likeness (QED) is 0.709. The third-order valence-electron chi connectivity index (χ3n) is 3.12. The summed E-state index contributed by atoms with van der Waals surface area (Å²) < 4.78 is 0. The summed E-state index contributed by atoms with van der Waals surface area (Å²) in [5.41, 5.74) is -0.439. The molecule has 0 heterocycles. The van der Waals surface area contributed by atoms with Gasteiger partial charge < -0.3 is 15.5 Å². The van der Waals surface area contributed by atoms with Gasteiger partial charge in [0.15, 0.2) is 0 Å². The second-order valence-corrected chi connectivity index (χ2v) is 4.96. The average molecular weight is 265 g/mol. The van der Waals surface area contributed by atoms with E-state index in [0.717, 1.165) is 12.8 Å². The van der Waals surface area contributed by atoms with Crippen molar-refractivity contribution in [1.29, 1.82) is 0 Å². The third-order valence-corrected chi connectivity index (χ3v) is 3.12. The molecular weight excluding hydrogens is 242 g/mol. The molecule has 0 aromatic heterocycles. The molecule has 0 saturated heterocycles. The number of carbonyl (C=O) groups excluding carboxylic acids is 1. The lowest BCUT2D eigenvalue weighted by atomic mass is 9.92. The molecule has 1 aromatic rings. The molecule has 0 aliphatic rings. The van der Waals surface area contributed by atoms with E-state index < -0.39 is 5.60 Å². The van der Waals surface area contributed by atoms with E-state index in [9.17, 15) is 15.0 Å². The Bertz CT molecular complexity index is 412. The highest BCUT2D eigenvalue weighted by molar-refractivity contribution is 5.94. The van der Waals surface area contributed by atoms with Gasteiger partial charge >= 0.3 is 0 Å². The van der Waals surface area contributed by atoms with Crippen LogP contribution in [0.15, 0.2) is 24.3 Å². The largest absolute Gasteiger partial charge is 0.508 e. The zero-order valence-corrected chi connectivity index (χ0v) is 11.6. The number of benzene rings is 1. The molecule has 0 bridgehead atoms. The first-order valence-electron chi connectivity index (χ1n) is 6.80. The molecule has 0 spiro atoms. The van der Waals surface area contributed by atoms with Crippen LogP contribution in [0.4, 0.5) is 0 Å². The van der Waals surface area contributed by atoms with Crippen LogP contribution in [-0.4, -0.2) is 28.3 Å². The van der Waals surface area contributed by atoms with Gasteiger partial charge in [-0.1, -0.05) is 32.8 Å². The van der Waals surface area contributed by atoms with Gasteiger partial charge in [-0.2, -0.15) is 0 Å². The van der Waals surface area contributed by atoms with Gasteiger partial charge in [0.25, 0.3) is 5.91 Å². The molecule has 0 radical (unpaired) electrons. The van der Waals surface area contributed by atoms with E-state index >= 15 is 0 Å². The van der Waals surface area contributed by atoms with E-state index in [2.05, 4.69) is 5.32 Å². The Hall–Kier alpha value is -1.55. The second-order valence-electron chi connectivity index (χ2n) is 4.96. The number of hydrogen-bond donors (Lipinski definition) is 3. The number of phenols is 1. The van der Waals surface area contributed by atoms with Crippen molar-refractivity contribution < 1.29 is 15.0 Å². The third kappa shape index (κ3) is 4.91. The monoisotopic (exact) mass is 265 g/mol. The normalized spacial score (nSPS) is 11.3. The minimum Gasteiger partial charge on any atom is -0.508 e. The Morgan fingerprint density at radius 1 is 1.26 bits per heavy atom. The van der Waals surface area contributed by atoms with Crippen LogP contribution in [0.5, 0.6) is 5.75 Å². The van der Waals surface area contributed by atoms with E-state index in [1.54, 1.807) is 12.1 Å². The summed E-state index contributed by atoms with van der Waals surface area (Å²) in [7, 11) is 0. The second kappa shape index (κ2) is 7.14. The summed E-state index contributed by atoms with van der Waals surface area (Å²) in [6, 6.07) is 6.18. The van der Waals surface area contributed by atoms with E-state index in [0.29, 0.717) is 18.4 Å². The summed E-state index contributed by atoms with van der Waals surface area (Å²) in [5, 5.41) is 22.5. The van der Waals surface area contributed by atoms with Crippen LogP contribution >= 0.6 is 0 Å². The van der Waals surface area contributed by atoms with Crippen LogP contribution in [0, 0.1) is 0 Å². The first kappa shape index (κ1) is 15.5. The van der Waals surface area contributed by atoms with Crippen LogP contribution in [0.2, 0.25) is 0 Å². The minimum atomic E-state index is -0.837. The highest BCUT2D eigenvalue weighted by Crippen LogP contribution is 2.19. The zero-order chi connectivity index (χ0) is 14.3. The van der Waals surface area contributed by atoms with Crippen LogP contribution in [0.1, 0.15) is 49.9 Å². The molecule has 1 amide bonds. The highest BCUT2D eigenvalue weighted by atomic mass is 16.3. The number of aromatic hydroxyl groups is 1. The predicted molar refractivity (Wildman–Crippen MR) is 75.2 cm³/mol. The Labute approximate surface area is 114 Å². The van der Waals surface area contributed by atoms with Crippen molar-refractivity contribution in [3.8, 4) is 5.75 Å². The maximum atomic E-state index is 11.9. The summed E-state index contributed by atoms with van der Waals surface area (Å²) in [6.45, 7) is 4.26. The molecule has 4 nitrogen and oxygen atoms in total. The van der Waals surface area contributed by atoms with Gasteiger partial charge in [-0.3, -0.25) is 4.79 Å². The molecule has 0 fully saturated rings. The van der Waals surface area contributed by atoms with Crippen molar-refractivity contribution in [2.24, 2.45) is 0 Å². The summed E-state index contributed by atoms with van der Waals surface area (Å²) in [5.74, 6) is -0.216. The smallest absolute Gasteiger partial charge is 0.251 e. The van der Waals surface area contributed by atoms with E-state index in [4.69, 9.17) is 0 Å². The Morgan fingerprint density at radius 2 is 1.89 bits per heavy atom. The number of rotatable bonds is 7. The van der Waals surface area contributed by atoms with Crippen molar-refractivity contribution in [3.63, 3.8) is 0 Å². The maximum absolute atomic E-state index is 11.9. The summed E-state index contributed by atoms with van der Waals surface area (Å²) in [6.07, 6.45) is 3.08. The van der Waals surface area contributed by atoms with Crippen LogP contribution in [0.3, 0.4) is 0 Å². The lowest BCUT2D eigenvalue weighted by Gasteiger charge is -2.27. The Balaban J connectivity index is 2.61. The summed E-state index contributed by atoms with van der Waals surface area (Å²) in [4.78, 5) is 11.9. The zero-order valence-electron chi connectivity index (χ0n) is 11.6. The van der Waals surface area contributed by atoms with Crippen LogP contribution < -0.4 is 5.32 Å². The molecule has 1 rings (SSSR count). The number of phenolic OH excluding ortho intramolecular Hbond substituents is 1. The minimum absolute atomic E-state index is 0.0602. The van der Waals surface area contributed by atoms with E-state index in [-0.39, 0.29) is 18.2 Å². The first-order valence-corrected chi connectivity index (χ1v) is 6.80. The van der Waals surface area contributed by atoms with E-state index in [1.165, 1.54) is 12.1 Å². The number of hydrogen-bond acceptors (Lipinski definition) is 3. The lowest BCUT2D eigenvalue weighted by molar-refractivity contribution is 0.0213. The molecule has 19 heavy (non-hydrogen) atoms. The van der Waals surface area contributed by atoms with Crippen molar-refractivity contribution in [3.05, 3.63) is 29.8 Å². The molecular formula is C15H23NO3. The van der Waals surface area contributed by atoms with Crippen molar-refractivity contribution in [2.75, 3.05) is 6.54 Å². The summed E-state index contributed by atoms with van der Waals surface area (Å²) >= 11 is 0. The lowest BCUT2D eigenvalue weighted by Crippen LogP contribution is -2.42. The number of carbonyl (C=O) groups is 1. The molecule has 0 atom stereocenters. The van der Waals surface area contributed by atoms with E-state index in [1.807, 2.05) is 13.8 Å². The topological polar surface area (TPSA) is 69.6 Å². The number of nitrogens with one attached hydrogen (secondary N) is 1. The SMILES string of the molecule is CCCC(O)(CCC)CNC(=O)c1cccc(O)c1. The molecule has 0 saturated carbocycles. The Kier molecular flexibility index (Phi) is 5.83. The number of aliphatic hydroxyl groups is 1. The van der Waals surface area contributed by atoms with Gasteiger partial charge in [0.05, 0.1) is 5.60 Å². The fourth-order valence-electron chi connectivity index (χ4n) is 2.23. The van der Waals surface area contributed by atoms with Gasteiger partial charge in [0.1, 0.15) is 5.75 Å². The van der Waals surface area contributed by atoms with Crippen molar-refractivity contribution in [2.45, 2.75) is 45.1 Å². The van der Waals surface area contributed by atoms with Gasteiger partial charge in [-0.25, -0.2) is 0 Å². The van der Waals surface area contributed by atoms with Gasteiger partial charge in [-0.05, 0) is 31.0 Å². The molecule has 0 unspecified atom stereocenters. The predicted octanol–water partition coefficient (Wildman–Crippen LogP) is 2.45. The average Bonchev–Trinajstić information content (AvgIpc) is 2.37. The fraction of sp³-hybridized carbons (Fsp3) is 0.533. The standard InChI is InChI=1S/C15H23NO3/c1-3-8-15(19,9-4-2)11-16-14(18)12-6-5-7-13(17)10-12/h5-7,10,17,19H,3-4,8-9,11H2,1-2H3,(H,16,18). The number of amides is 1. The van der Waals surface area contributed by atoms with Gasteiger partial charge in [0.2, 0.25) is 0 Å². The maximum Gasteiger partial charge on any atom is 0.251 e. The van der Waals surface area contributed by atoms with Gasteiger partial charge in [0, 0.05) is 12.1 Å². The van der Waals surface area contributed by atoms with Gasteiger partial charge in [-0.15, -0.1) is 0 Å². The molecule has 1 aromatic carbocycles. The molecule has 0 aliphatic carbocycles. The van der Waals surface area contributed by atoms with Crippen LogP contribution in [0.25, 0.3) is 0 Å². The van der Waals surface area contributed by atoms with Crippen molar-refractivity contribution in [1.82, 2.24) is 5.32 Å². The fourth-order valence-corrected chi connectivity index (χ4v) is 2.23. The van der Waals surface area contributed by atoms with Crippen LogP contribution in [-0.2, 0) is 0 Å². The molecule has 106 valence electrons. The molecule has 0 aliphatic heterocycles. The first-order chi connectivity index (χ1) is 9.00. The van der Waals surface area contributed by atoms with Crippen molar-refractivity contribution >= 4 is 5.91 Å².